The SMILES string of the molecule is O=C(Cc1ccccc1)NC(=O)C1CCCN1c1ccc2c(c1)CC=C1c3cc(N4CCCC4C(=O)NC(=O)Cc4ccccc4)ccc3NC12. The maximum absolute atomic E-state index is 13.3. The lowest BCUT2D eigenvalue weighted by atomic mass is 9.86. The zero-order valence-corrected chi connectivity index (χ0v) is 28.4. The van der Waals surface area contributed by atoms with Crippen LogP contribution in [-0.2, 0) is 38.4 Å². The largest absolute Gasteiger partial charge is 0.374 e. The average molecular weight is 680 g/mol. The van der Waals surface area contributed by atoms with Gasteiger partial charge >= 0.3 is 0 Å². The summed E-state index contributed by atoms with van der Waals surface area (Å²) in [5.74, 6) is -1.06. The number of anilines is 3. The number of imide groups is 2. The monoisotopic (exact) mass is 679 g/mol. The topological polar surface area (TPSA) is 111 Å². The second kappa shape index (κ2) is 13.9. The highest BCUT2D eigenvalue weighted by molar-refractivity contribution is 6.01. The Balaban J connectivity index is 0.939. The Kier molecular flexibility index (Phi) is 8.86. The Morgan fingerprint density at radius 1 is 0.667 bits per heavy atom. The van der Waals surface area contributed by atoms with Gasteiger partial charge < -0.3 is 15.1 Å². The number of hydrogen-bond donors (Lipinski definition) is 3. The van der Waals surface area contributed by atoms with E-state index in [1.165, 1.54) is 16.7 Å². The van der Waals surface area contributed by atoms with E-state index in [2.05, 4.69) is 68.2 Å². The molecule has 3 unspecified atom stereocenters. The molecule has 258 valence electrons. The van der Waals surface area contributed by atoms with Gasteiger partial charge in [0.25, 0.3) is 0 Å². The normalized spacial score (nSPS) is 20.1. The van der Waals surface area contributed by atoms with Crippen molar-refractivity contribution in [3.8, 4) is 0 Å². The van der Waals surface area contributed by atoms with Gasteiger partial charge in [-0.3, -0.25) is 29.8 Å². The van der Waals surface area contributed by atoms with Crippen LogP contribution in [-0.4, -0.2) is 48.8 Å². The third-order valence-electron chi connectivity index (χ3n) is 10.6. The van der Waals surface area contributed by atoms with Crippen molar-refractivity contribution in [3.63, 3.8) is 0 Å². The minimum atomic E-state index is -0.397. The summed E-state index contributed by atoms with van der Waals surface area (Å²) in [5.41, 5.74) is 9.57. The molecule has 0 saturated carbocycles. The molecule has 2 saturated heterocycles. The molecular weight excluding hydrogens is 638 g/mol. The van der Waals surface area contributed by atoms with Gasteiger partial charge in [0.05, 0.1) is 18.9 Å². The van der Waals surface area contributed by atoms with Gasteiger partial charge in [0.15, 0.2) is 0 Å². The number of carbonyl (C=O) groups is 4. The Bertz CT molecular complexity index is 2030. The van der Waals surface area contributed by atoms with E-state index in [1.54, 1.807) is 0 Å². The number of benzene rings is 4. The quantitative estimate of drug-likeness (QED) is 0.226. The summed E-state index contributed by atoms with van der Waals surface area (Å²) < 4.78 is 0. The number of fused-ring (bicyclic) bond motifs is 5. The molecule has 3 aliphatic heterocycles. The van der Waals surface area contributed by atoms with Crippen molar-refractivity contribution in [1.29, 1.82) is 0 Å². The van der Waals surface area contributed by atoms with Gasteiger partial charge in [-0.2, -0.15) is 0 Å². The maximum atomic E-state index is 13.3. The van der Waals surface area contributed by atoms with Crippen LogP contribution in [0.15, 0.2) is 103 Å². The van der Waals surface area contributed by atoms with E-state index in [0.717, 1.165) is 66.1 Å². The van der Waals surface area contributed by atoms with Crippen molar-refractivity contribution in [2.45, 2.75) is 63.1 Å². The fraction of sp³-hybridized carbons (Fsp3) is 0.286. The molecule has 4 aromatic carbocycles. The van der Waals surface area contributed by atoms with Crippen LogP contribution in [0, 0.1) is 0 Å². The van der Waals surface area contributed by atoms with E-state index in [9.17, 15) is 19.2 Å². The first-order valence-corrected chi connectivity index (χ1v) is 17.9. The Morgan fingerprint density at radius 2 is 1.22 bits per heavy atom. The molecule has 4 amide bonds. The molecule has 3 N–H and O–H groups in total. The summed E-state index contributed by atoms with van der Waals surface area (Å²) >= 11 is 0. The van der Waals surface area contributed by atoms with E-state index >= 15 is 0 Å². The molecule has 4 aromatic rings. The van der Waals surface area contributed by atoms with Crippen LogP contribution < -0.4 is 25.8 Å². The predicted octanol–water partition coefficient (Wildman–Crippen LogP) is 5.50. The van der Waals surface area contributed by atoms with Crippen molar-refractivity contribution >= 4 is 46.3 Å². The molecule has 0 bridgehead atoms. The molecule has 1 aliphatic carbocycles. The second-order valence-electron chi connectivity index (χ2n) is 13.9. The summed E-state index contributed by atoms with van der Waals surface area (Å²) in [5, 5.41) is 9.01. The van der Waals surface area contributed by atoms with Crippen molar-refractivity contribution in [2.75, 3.05) is 28.2 Å². The molecule has 4 aliphatic rings. The first kappa shape index (κ1) is 32.5. The summed E-state index contributed by atoms with van der Waals surface area (Å²) in [6, 6.07) is 30.9. The van der Waals surface area contributed by atoms with E-state index in [-0.39, 0.29) is 48.6 Å². The first-order valence-electron chi connectivity index (χ1n) is 17.9. The zero-order valence-electron chi connectivity index (χ0n) is 28.4. The molecular formula is C42H41N5O4. The Labute approximate surface area is 297 Å². The molecule has 3 atom stereocenters. The first-order chi connectivity index (χ1) is 24.9. The molecule has 9 nitrogen and oxygen atoms in total. The van der Waals surface area contributed by atoms with E-state index in [1.807, 2.05) is 60.7 Å². The molecule has 0 spiro atoms. The highest BCUT2D eigenvalue weighted by Crippen LogP contribution is 2.49. The third-order valence-corrected chi connectivity index (χ3v) is 10.6. The van der Waals surface area contributed by atoms with Crippen LogP contribution in [0.25, 0.3) is 5.57 Å². The molecule has 9 heteroatoms. The van der Waals surface area contributed by atoms with Crippen LogP contribution in [0.4, 0.5) is 17.1 Å². The molecule has 8 rings (SSSR count). The lowest BCUT2D eigenvalue weighted by molar-refractivity contribution is -0.132. The van der Waals surface area contributed by atoms with E-state index in [4.69, 9.17) is 0 Å². The average Bonchev–Trinajstić information content (AvgIpc) is 3.91. The van der Waals surface area contributed by atoms with Gasteiger partial charge in [0.1, 0.15) is 12.1 Å². The number of carbonyl (C=O) groups excluding carboxylic acids is 4. The van der Waals surface area contributed by atoms with Gasteiger partial charge in [-0.05, 0) is 90.3 Å². The molecule has 0 aromatic heterocycles. The van der Waals surface area contributed by atoms with Crippen LogP contribution >= 0.6 is 0 Å². The number of hydrogen-bond acceptors (Lipinski definition) is 7. The van der Waals surface area contributed by atoms with E-state index in [0.29, 0.717) is 12.8 Å². The van der Waals surface area contributed by atoms with Crippen molar-refractivity contribution in [2.24, 2.45) is 0 Å². The number of allylic oxidation sites excluding steroid dienone is 1. The Hall–Kier alpha value is -5.70. The van der Waals surface area contributed by atoms with Crippen LogP contribution in [0.5, 0.6) is 0 Å². The minimum Gasteiger partial charge on any atom is -0.374 e. The lowest BCUT2D eigenvalue weighted by Gasteiger charge is -2.29. The highest BCUT2D eigenvalue weighted by atomic mass is 16.2. The van der Waals surface area contributed by atoms with Crippen LogP contribution in [0.3, 0.4) is 0 Å². The third kappa shape index (κ3) is 6.64. The smallest absolute Gasteiger partial charge is 0.249 e. The number of rotatable bonds is 8. The van der Waals surface area contributed by atoms with Crippen LogP contribution in [0.1, 0.15) is 59.5 Å². The molecule has 2 fully saturated rings. The zero-order chi connectivity index (χ0) is 34.9. The van der Waals surface area contributed by atoms with Gasteiger partial charge in [-0.15, -0.1) is 0 Å². The van der Waals surface area contributed by atoms with Gasteiger partial charge in [0, 0.05) is 35.7 Å². The molecule has 3 heterocycles. The summed E-state index contributed by atoms with van der Waals surface area (Å²) in [7, 11) is 0. The van der Waals surface area contributed by atoms with Crippen molar-refractivity contribution in [1.82, 2.24) is 10.6 Å². The summed E-state index contributed by atoms with van der Waals surface area (Å²) in [6.07, 6.45) is 6.57. The fourth-order valence-electron chi connectivity index (χ4n) is 8.18. The maximum Gasteiger partial charge on any atom is 0.249 e. The summed E-state index contributed by atoms with van der Waals surface area (Å²) in [4.78, 5) is 56.1. The standard InChI is InChI=1S/C42H41N5O4/c48-38(23-27-9-3-1-4-10-27)44-41(50)36-13-7-21-46(36)30-16-19-32-29(25-30)15-18-33-34-26-31(17-20-35(34)43-40(32)33)47-22-8-14-37(47)42(51)45-39(49)24-28-11-5-2-6-12-28/h1-6,9-12,16-20,25-26,36-37,40,43H,7-8,13-15,21-24H2,(H,44,48,50)(H,45,49,51). The summed E-state index contributed by atoms with van der Waals surface area (Å²) in [6.45, 7) is 1.51. The molecule has 51 heavy (non-hydrogen) atoms. The van der Waals surface area contributed by atoms with Crippen LogP contribution in [0.2, 0.25) is 0 Å². The van der Waals surface area contributed by atoms with Gasteiger partial charge in [-0.1, -0.05) is 72.8 Å². The number of amides is 4. The van der Waals surface area contributed by atoms with Gasteiger partial charge in [-0.25, -0.2) is 0 Å². The van der Waals surface area contributed by atoms with E-state index < -0.39 is 6.04 Å². The van der Waals surface area contributed by atoms with Crippen molar-refractivity contribution in [3.05, 3.63) is 131 Å². The lowest BCUT2D eigenvalue weighted by Crippen LogP contribution is -2.46. The minimum absolute atomic E-state index is 0.00890. The van der Waals surface area contributed by atoms with Crippen molar-refractivity contribution < 1.29 is 19.2 Å². The molecule has 0 radical (unpaired) electrons. The number of nitrogens with zero attached hydrogens (tertiary/aromatic N) is 2. The van der Waals surface area contributed by atoms with Gasteiger partial charge in [0.2, 0.25) is 23.6 Å². The predicted molar refractivity (Wildman–Crippen MR) is 198 cm³/mol. The fourth-order valence-corrected chi connectivity index (χ4v) is 8.18. The second-order valence-corrected chi connectivity index (χ2v) is 13.9. The Morgan fingerprint density at radius 3 is 1.80 bits per heavy atom. The highest BCUT2D eigenvalue weighted by Gasteiger charge is 2.37. The number of nitrogens with one attached hydrogen (secondary N) is 3.